The molecular formula is C14H25N. The second kappa shape index (κ2) is 3.48. The SMILES string of the molecule is CCN(C)CC12CC3CC(CC(C3)C1)C2. The van der Waals surface area contributed by atoms with Gasteiger partial charge in [-0.2, -0.15) is 0 Å². The second-order valence-electron chi connectivity index (χ2n) is 6.75. The van der Waals surface area contributed by atoms with Crippen LogP contribution in [0, 0.1) is 23.2 Å². The lowest BCUT2D eigenvalue weighted by atomic mass is 9.49. The van der Waals surface area contributed by atoms with Crippen molar-refractivity contribution in [2.45, 2.75) is 45.4 Å². The predicted octanol–water partition coefficient (Wildman–Crippen LogP) is 3.15. The molecule has 86 valence electrons. The Labute approximate surface area is 94.2 Å². The summed E-state index contributed by atoms with van der Waals surface area (Å²) in [5.74, 6) is 3.34. The van der Waals surface area contributed by atoms with Crippen LogP contribution in [0.3, 0.4) is 0 Å². The van der Waals surface area contributed by atoms with E-state index in [1.54, 1.807) is 38.5 Å². The molecule has 4 aliphatic rings. The molecular weight excluding hydrogens is 182 g/mol. The molecule has 0 aliphatic heterocycles. The van der Waals surface area contributed by atoms with Crippen LogP contribution in [0.1, 0.15) is 45.4 Å². The highest BCUT2D eigenvalue weighted by atomic mass is 15.1. The normalized spacial score (nSPS) is 47.8. The van der Waals surface area contributed by atoms with Gasteiger partial charge < -0.3 is 4.90 Å². The van der Waals surface area contributed by atoms with E-state index >= 15 is 0 Å². The zero-order valence-electron chi connectivity index (χ0n) is 10.3. The van der Waals surface area contributed by atoms with E-state index in [1.807, 2.05) is 0 Å². The predicted molar refractivity (Wildman–Crippen MR) is 63.8 cm³/mol. The fourth-order valence-corrected chi connectivity index (χ4v) is 5.17. The molecule has 4 saturated carbocycles. The monoisotopic (exact) mass is 207 g/mol. The lowest BCUT2D eigenvalue weighted by Crippen LogP contribution is -2.50. The fourth-order valence-electron chi connectivity index (χ4n) is 5.17. The van der Waals surface area contributed by atoms with Crippen molar-refractivity contribution in [3.05, 3.63) is 0 Å². The standard InChI is InChI=1S/C14H25N/c1-3-15(2)10-14-7-11-4-12(8-14)6-13(5-11)9-14/h11-13H,3-10H2,1-2H3. The minimum Gasteiger partial charge on any atom is -0.306 e. The molecule has 15 heavy (non-hydrogen) atoms. The molecule has 0 aromatic heterocycles. The Hall–Kier alpha value is -0.0400. The molecule has 0 aromatic rings. The van der Waals surface area contributed by atoms with Crippen LogP contribution in [0.25, 0.3) is 0 Å². The summed E-state index contributed by atoms with van der Waals surface area (Å²) in [6.07, 6.45) is 9.41. The summed E-state index contributed by atoms with van der Waals surface area (Å²) in [6, 6.07) is 0. The Bertz CT molecular complexity index is 210. The van der Waals surface area contributed by atoms with Crippen LogP contribution in [-0.2, 0) is 0 Å². The van der Waals surface area contributed by atoms with E-state index in [-0.39, 0.29) is 0 Å². The second-order valence-corrected chi connectivity index (χ2v) is 6.75. The number of rotatable bonds is 3. The Morgan fingerprint density at radius 2 is 1.47 bits per heavy atom. The number of hydrogen-bond donors (Lipinski definition) is 0. The Balaban J connectivity index is 1.75. The molecule has 0 aromatic carbocycles. The molecule has 0 unspecified atom stereocenters. The third-order valence-electron chi connectivity index (χ3n) is 5.31. The zero-order valence-corrected chi connectivity index (χ0v) is 10.3. The zero-order chi connectivity index (χ0) is 10.5. The minimum atomic E-state index is 0.750. The van der Waals surface area contributed by atoms with Crippen LogP contribution in [0.5, 0.6) is 0 Å². The average Bonchev–Trinajstić information content (AvgIpc) is 2.14. The molecule has 0 saturated heterocycles. The first-order valence-electron chi connectivity index (χ1n) is 6.88. The van der Waals surface area contributed by atoms with Gasteiger partial charge in [0.2, 0.25) is 0 Å². The summed E-state index contributed by atoms with van der Waals surface area (Å²) in [4.78, 5) is 2.55. The van der Waals surface area contributed by atoms with Crippen molar-refractivity contribution >= 4 is 0 Å². The highest BCUT2D eigenvalue weighted by molar-refractivity contribution is 5.02. The highest BCUT2D eigenvalue weighted by Crippen LogP contribution is 2.60. The van der Waals surface area contributed by atoms with Gasteiger partial charge in [0.25, 0.3) is 0 Å². The summed E-state index contributed by atoms with van der Waals surface area (Å²) in [7, 11) is 2.30. The van der Waals surface area contributed by atoms with Gasteiger partial charge in [-0.15, -0.1) is 0 Å². The van der Waals surface area contributed by atoms with Gasteiger partial charge in [0.1, 0.15) is 0 Å². The van der Waals surface area contributed by atoms with Crippen LogP contribution >= 0.6 is 0 Å². The van der Waals surface area contributed by atoms with Crippen molar-refractivity contribution in [2.75, 3.05) is 20.1 Å². The van der Waals surface area contributed by atoms with Crippen molar-refractivity contribution < 1.29 is 0 Å². The third kappa shape index (κ3) is 1.73. The molecule has 0 N–H and O–H groups in total. The van der Waals surface area contributed by atoms with E-state index in [2.05, 4.69) is 18.9 Å². The molecule has 0 amide bonds. The summed E-state index contributed by atoms with van der Waals surface area (Å²) >= 11 is 0. The van der Waals surface area contributed by atoms with Crippen molar-refractivity contribution in [1.82, 2.24) is 4.90 Å². The topological polar surface area (TPSA) is 3.24 Å². The van der Waals surface area contributed by atoms with Gasteiger partial charge in [0.05, 0.1) is 0 Å². The average molecular weight is 207 g/mol. The molecule has 1 nitrogen and oxygen atoms in total. The minimum absolute atomic E-state index is 0.750. The van der Waals surface area contributed by atoms with E-state index in [4.69, 9.17) is 0 Å². The molecule has 0 atom stereocenters. The first kappa shape index (κ1) is 10.1. The molecule has 4 aliphatic carbocycles. The van der Waals surface area contributed by atoms with Gasteiger partial charge in [-0.3, -0.25) is 0 Å². The first-order chi connectivity index (χ1) is 7.19. The van der Waals surface area contributed by atoms with Gasteiger partial charge in [0.15, 0.2) is 0 Å². The van der Waals surface area contributed by atoms with Crippen LogP contribution in [-0.4, -0.2) is 25.0 Å². The molecule has 4 fully saturated rings. The van der Waals surface area contributed by atoms with Crippen LogP contribution in [0.15, 0.2) is 0 Å². The summed E-state index contributed by atoms with van der Waals surface area (Å²) in [6.45, 7) is 4.90. The lowest BCUT2D eigenvalue weighted by Gasteiger charge is -2.57. The van der Waals surface area contributed by atoms with E-state index in [9.17, 15) is 0 Å². The molecule has 0 radical (unpaired) electrons. The van der Waals surface area contributed by atoms with Crippen molar-refractivity contribution in [2.24, 2.45) is 23.2 Å². The molecule has 0 heterocycles. The molecule has 4 rings (SSSR count). The van der Waals surface area contributed by atoms with E-state index < -0.39 is 0 Å². The van der Waals surface area contributed by atoms with Crippen molar-refractivity contribution in [3.63, 3.8) is 0 Å². The van der Waals surface area contributed by atoms with Crippen LogP contribution in [0.4, 0.5) is 0 Å². The van der Waals surface area contributed by atoms with Crippen molar-refractivity contribution in [1.29, 1.82) is 0 Å². The Morgan fingerprint density at radius 1 is 1.00 bits per heavy atom. The first-order valence-corrected chi connectivity index (χ1v) is 6.88. The quantitative estimate of drug-likeness (QED) is 0.687. The fraction of sp³-hybridized carbons (Fsp3) is 1.00. The number of hydrogen-bond acceptors (Lipinski definition) is 1. The maximum atomic E-state index is 2.55. The Kier molecular flexibility index (Phi) is 2.35. The summed E-state index contributed by atoms with van der Waals surface area (Å²) in [5, 5.41) is 0. The largest absolute Gasteiger partial charge is 0.306 e. The Morgan fingerprint density at radius 3 is 1.87 bits per heavy atom. The van der Waals surface area contributed by atoms with Gasteiger partial charge in [0, 0.05) is 6.54 Å². The van der Waals surface area contributed by atoms with Gasteiger partial charge in [-0.25, -0.2) is 0 Å². The molecule has 0 spiro atoms. The smallest absolute Gasteiger partial charge is 0.00351 e. The van der Waals surface area contributed by atoms with Gasteiger partial charge in [-0.1, -0.05) is 6.92 Å². The highest BCUT2D eigenvalue weighted by Gasteiger charge is 2.50. The van der Waals surface area contributed by atoms with Crippen LogP contribution in [0.2, 0.25) is 0 Å². The number of nitrogens with zero attached hydrogens (tertiary/aromatic N) is 1. The summed E-state index contributed by atoms with van der Waals surface area (Å²) < 4.78 is 0. The van der Waals surface area contributed by atoms with E-state index in [0.717, 1.165) is 23.2 Å². The van der Waals surface area contributed by atoms with Gasteiger partial charge in [-0.05, 0) is 75.3 Å². The maximum absolute atomic E-state index is 2.55. The molecule has 4 bridgehead atoms. The third-order valence-corrected chi connectivity index (χ3v) is 5.31. The van der Waals surface area contributed by atoms with E-state index in [1.165, 1.54) is 13.1 Å². The van der Waals surface area contributed by atoms with Gasteiger partial charge >= 0.3 is 0 Å². The van der Waals surface area contributed by atoms with Crippen molar-refractivity contribution in [3.8, 4) is 0 Å². The van der Waals surface area contributed by atoms with Crippen LogP contribution < -0.4 is 0 Å². The molecule has 1 heteroatoms. The summed E-state index contributed by atoms with van der Waals surface area (Å²) in [5.41, 5.74) is 0.750. The maximum Gasteiger partial charge on any atom is 0.00351 e. The van der Waals surface area contributed by atoms with E-state index in [0.29, 0.717) is 0 Å². The lowest BCUT2D eigenvalue weighted by molar-refractivity contribution is -0.0656.